The molecule has 1 unspecified atom stereocenters. The second-order valence-electron chi connectivity index (χ2n) is 4.88. The highest BCUT2D eigenvalue weighted by Crippen LogP contribution is 2.10. The number of rotatable bonds is 12. The maximum absolute atomic E-state index is 11.6. The Hall–Kier alpha value is -0.900. The van der Waals surface area contributed by atoms with Gasteiger partial charge in [-0.3, -0.25) is 9.59 Å². The number of aliphatic carboxylic acids is 1. The number of carbonyl (C=O) groups is 2. The van der Waals surface area contributed by atoms with Crippen LogP contribution in [0.15, 0.2) is 0 Å². The molecule has 0 saturated carbocycles. The lowest BCUT2D eigenvalue weighted by atomic mass is 10.0. The van der Waals surface area contributed by atoms with E-state index in [2.05, 4.69) is 6.92 Å². The predicted octanol–water partition coefficient (Wildman–Crippen LogP) is 2.89. The molecule has 18 heavy (non-hydrogen) atoms. The van der Waals surface area contributed by atoms with Gasteiger partial charge in [-0.2, -0.15) is 0 Å². The molecule has 0 rings (SSSR count). The molecule has 0 aromatic carbocycles. The van der Waals surface area contributed by atoms with E-state index < -0.39 is 12.0 Å². The summed E-state index contributed by atoms with van der Waals surface area (Å²) in [5, 5.41) is 8.49. The zero-order valence-corrected chi connectivity index (χ0v) is 11.5. The average molecular weight is 257 g/mol. The Labute approximate surface area is 110 Å². The van der Waals surface area contributed by atoms with Gasteiger partial charge < -0.3 is 10.8 Å². The third-order valence-electron chi connectivity index (χ3n) is 3.11. The Morgan fingerprint density at radius 3 is 2.11 bits per heavy atom. The minimum Gasteiger partial charge on any atom is -0.481 e. The molecule has 0 bridgehead atoms. The van der Waals surface area contributed by atoms with Crippen molar-refractivity contribution in [1.82, 2.24) is 0 Å². The summed E-state index contributed by atoms with van der Waals surface area (Å²) in [5.74, 6) is -0.890. The van der Waals surface area contributed by atoms with E-state index in [1.54, 1.807) is 0 Å². The number of hydrogen-bond acceptors (Lipinski definition) is 3. The van der Waals surface area contributed by atoms with Gasteiger partial charge in [0, 0.05) is 12.8 Å². The van der Waals surface area contributed by atoms with Crippen molar-refractivity contribution in [2.75, 3.05) is 0 Å². The number of hydrogen-bond donors (Lipinski definition) is 2. The molecule has 0 fully saturated rings. The van der Waals surface area contributed by atoms with Crippen LogP contribution >= 0.6 is 0 Å². The summed E-state index contributed by atoms with van der Waals surface area (Å²) in [7, 11) is 0. The van der Waals surface area contributed by atoms with Crippen LogP contribution in [0.25, 0.3) is 0 Å². The number of unbranched alkanes of at least 4 members (excludes halogenated alkanes) is 6. The van der Waals surface area contributed by atoms with Gasteiger partial charge in [0.2, 0.25) is 0 Å². The molecule has 4 nitrogen and oxygen atoms in total. The summed E-state index contributed by atoms with van der Waals surface area (Å²) in [4.78, 5) is 21.9. The highest BCUT2D eigenvalue weighted by Gasteiger charge is 2.14. The quantitative estimate of drug-likeness (QED) is 0.527. The summed E-state index contributed by atoms with van der Waals surface area (Å²) in [6.07, 6.45) is 8.92. The van der Waals surface area contributed by atoms with Crippen molar-refractivity contribution in [3.8, 4) is 0 Å². The first kappa shape index (κ1) is 17.1. The van der Waals surface area contributed by atoms with Crippen molar-refractivity contribution in [3.05, 3.63) is 0 Å². The molecule has 0 spiro atoms. The standard InChI is InChI=1S/C14H27NO3/c1-2-3-4-5-6-7-8-9-13(16)12(15)10-11-14(17)18/h12H,2-11,15H2,1H3,(H,17,18). The Balaban J connectivity index is 3.43. The van der Waals surface area contributed by atoms with E-state index in [0.29, 0.717) is 6.42 Å². The zero-order chi connectivity index (χ0) is 13.8. The molecular weight excluding hydrogens is 230 g/mol. The van der Waals surface area contributed by atoms with Crippen molar-refractivity contribution in [2.24, 2.45) is 5.73 Å². The van der Waals surface area contributed by atoms with E-state index in [1.165, 1.54) is 32.1 Å². The van der Waals surface area contributed by atoms with Gasteiger partial charge in [0.15, 0.2) is 0 Å². The van der Waals surface area contributed by atoms with E-state index in [-0.39, 0.29) is 18.6 Å². The molecule has 4 heteroatoms. The fourth-order valence-corrected chi connectivity index (χ4v) is 1.88. The average Bonchev–Trinajstić information content (AvgIpc) is 2.34. The van der Waals surface area contributed by atoms with Gasteiger partial charge in [0.05, 0.1) is 6.04 Å². The Kier molecular flexibility index (Phi) is 10.6. The molecule has 0 aliphatic heterocycles. The highest BCUT2D eigenvalue weighted by molar-refractivity contribution is 5.84. The molecule has 0 heterocycles. The number of Topliss-reactive ketones (excluding diaryl/α,β-unsaturated/α-hetero) is 1. The third-order valence-corrected chi connectivity index (χ3v) is 3.11. The minimum absolute atomic E-state index is 0.00445. The van der Waals surface area contributed by atoms with Gasteiger partial charge in [-0.15, -0.1) is 0 Å². The smallest absolute Gasteiger partial charge is 0.303 e. The largest absolute Gasteiger partial charge is 0.481 e. The SMILES string of the molecule is CCCCCCCCCC(=O)C(N)CCC(=O)O. The predicted molar refractivity (Wildman–Crippen MR) is 72.5 cm³/mol. The van der Waals surface area contributed by atoms with E-state index in [1.807, 2.05) is 0 Å². The fourth-order valence-electron chi connectivity index (χ4n) is 1.88. The monoisotopic (exact) mass is 257 g/mol. The summed E-state index contributed by atoms with van der Waals surface area (Å²) >= 11 is 0. The topological polar surface area (TPSA) is 80.4 Å². The van der Waals surface area contributed by atoms with Crippen LogP contribution in [0, 0.1) is 0 Å². The first-order chi connectivity index (χ1) is 8.57. The second-order valence-corrected chi connectivity index (χ2v) is 4.88. The van der Waals surface area contributed by atoms with Crippen LogP contribution in [0.1, 0.15) is 71.1 Å². The summed E-state index contributed by atoms with van der Waals surface area (Å²) in [6, 6.07) is -0.596. The van der Waals surface area contributed by atoms with Crippen molar-refractivity contribution < 1.29 is 14.7 Å². The molecule has 1 atom stereocenters. The van der Waals surface area contributed by atoms with Crippen LogP contribution in [-0.4, -0.2) is 22.9 Å². The van der Waals surface area contributed by atoms with E-state index in [0.717, 1.165) is 12.8 Å². The van der Waals surface area contributed by atoms with E-state index in [9.17, 15) is 9.59 Å². The van der Waals surface area contributed by atoms with Crippen molar-refractivity contribution >= 4 is 11.8 Å². The van der Waals surface area contributed by atoms with Crippen LogP contribution < -0.4 is 5.73 Å². The molecule has 0 saturated heterocycles. The lowest BCUT2D eigenvalue weighted by molar-refractivity contribution is -0.137. The van der Waals surface area contributed by atoms with Gasteiger partial charge in [0.25, 0.3) is 0 Å². The first-order valence-electron chi connectivity index (χ1n) is 7.08. The van der Waals surface area contributed by atoms with Gasteiger partial charge in [-0.1, -0.05) is 45.4 Å². The highest BCUT2D eigenvalue weighted by atomic mass is 16.4. The Morgan fingerprint density at radius 1 is 1.00 bits per heavy atom. The second kappa shape index (κ2) is 11.2. The van der Waals surface area contributed by atoms with Gasteiger partial charge in [-0.25, -0.2) is 0 Å². The molecule has 106 valence electrons. The molecule has 0 aliphatic carbocycles. The summed E-state index contributed by atoms with van der Waals surface area (Å²) in [5.41, 5.74) is 5.63. The van der Waals surface area contributed by atoms with E-state index in [4.69, 9.17) is 10.8 Å². The lowest BCUT2D eigenvalue weighted by Gasteiger charge is -2.08. The number of nitrogens with two attached hydrogens (primary N) is 1. The lowest BCUT2D eigenvalue weighted by Crippen LogP contribution is -2.30. The molecule has 0 amide bonds. The molecule has 0 radical (unpaired) electrons. The number of carbonyl (C=O) groups excluding carboxylic acids is 1. The van der Waals surface area contributed by atoms with Gasteiger partial charge >= 0.3 is 5.97 Å². The zero-order valence-electron chi connectivity index (χ0n) is 11.5. The minimum atomic E-state index is -0.894. The number of carboxylic acids is 1. The molecule has 0 aromatic rings. The third kappa shape index (κ3) is 10.3. The first-order valence-corrected chi connectivity index (χ1v) is 7.08. The molecular formula is C14H27NO3. The van der Waals surface area contributed by atoms with Crippen LogP contribution in [0.5, 0.6) is 0 Å². The molecule has 3 N–H and O–H groups in total. The maximum atomic E-state index is 11.6. The van der Waals surface area contributed by atoms with Crippen LogP contribution in [0.4, 0.5) is 0 Å². The van der Waals surface area contributed by atoms with Crippen LogP contribution in [0.3, 0.4) is 0 Å². The van der Waals surface area contributed by atoms with Crippen molar-refractivity contribution in [1.29, 1.82) is 0 Å². The fraction of sp³-hybridized carbons (Fsp3) is 0.857. The maximum Gasteiger partial charge on any atom is 0.303 e. The number of ketones is 1. The normalized spacial score (nSPS) is 12.3. The summed E-state index contributed by atoms with van der Waals surface area (Å²) in [6.45, 7) is 2.19. The van der Waals surface area contributed by atoms with Crippen LogP contribution in [0.2, 0.25) is 0 Å². The molecule has 0 aromatic heterocycles. The van der Waals surface area contributed by atoms with Gasteiger partial charge in [-0.05, 0) is 12.8 Å². The molecule has 0 aliphatic rings. The van der Waals surface area contributed by atoms with Gasteiger partial charge in [0.1, 0.15) is 5.78 Å². The summed E-state index contributed by atoms with van der Waals surface area (Å²) < 4.78 is 0. The van der Waals surface area contributed by atoms with Crippen LogP contribution in [-0.2, 0) is 9.59 Å². The number of carboxylic acid groups (broad SMARTS) is 1. The Bertz CT molecular complexity index is 241. The van der Waals surface area contributed by atoms with E-state index >= 15 is 0 Å². The van der Waals surface area contributed by atoms with Crippen molar-refractivity contribution in [3.63, 3.8) is 0 Å². The Morgan fingerprint density at radius 2 is 1.56 bits per heavy atom. The van der Waals surface area contributed by atoms with Crippen molar-refractivity contribution in [2.45, 2.75) is 77.2 Å².